The number of aromatic hydroxyl groups is 1. The van der Waals surface area contributed by atoms with Crippen molar-refractivity contribution in [3.05, 3.63) is 69.8 Å². The molecule has 2 aromatic rings. The fourth-order valence-electron chi connectivity index (χ4n) is 5.06. The van der Waals surface area contributed by atoms with Crippen LogP contribution in [0.4, 0.5) is 5.69 Å². The highest BCUT2D eigenvalue weighted by molar-refractivity contribution is 7.84. The zero-order chi connectivity index (χ0) is 38.2. The van der Waals surface area contributed by atoms with Gasteiger partial charge in [-0.25, -0.2) is 0 Å². The summed E-state index contributed by atoms with van der Waals surface area (Å²) in [6.07, 6.45) is 2.36. The molecule has 5 atom stereocenters. The smallest absolute Gasteiger partial charge is 0.300 e. The van der Waals surface area contributed by atoms with E-state index in [-0.39, 0.29) is 43.0 Å². The van der Waals surface area contributed by atoms with Gasteiger partial charge in [0, 0.05) is 54.8 Å². The van der Waals surface area contributed by atoms with Crippen LogP contribution in [0.5, 0.6) is 5.75 Å². The third kappa shape index (κ3) is 14.5. The summed E-state index contributed by atoms with van der Waals surface area (Å²) in [7, 11) is -1.30. The monoisotopic (exact) mass is 733 g/mol. The Morgan fingerprint density at radius 2 is 1.55 bits per heavy atom. The van der Waals surface area contributed by atoms with Crippen LogP contribution < -0.4 is 27.4 Å². The number of nitro groups is 1. The van der Waals surface area contributed by atoms with E-state index >= 15 is 0 Å². The van der Waals surface area contributed by atoms with E-state index in [1.54, 1.807) is 12.1 Å². The Hall–Kier alpha value is -5.43. The number of carbonyl (C=O) groups is 6. The zero-order valence-corrected chi connectivity index (χ0v) is 28.9. The highest BCUT2D eigenvalue weighted by Gasteiger charge is 2.37. The first-order chi connectivity index (χ1) is 24.0. The van der Waals surface area contributed by atoms with Gasteiger partial charge in [0.25, 0.3) is 11.7 Å². The number of nitrogens with zero attached hydrogens (tertiary/aromatic N) is 2. The predicted molar refractivity (Wildman–Crippen MR) is 184 cm³/mol. The Kier molecular flexibility index (Phi) is 16.6. The summed E-state index contributed by atoms with van der Waals surface area (Å²) in [4.78, 5) is 85.1. The molecular formula is C32H43N7O11S. The van der Waals surface area contributed by atoms with Crippen molar-refractivity contribution in [2.75, 3.05) is 25.1 Å². The molecule has 3 rings (SSSR count). The molecule has 0 spiro atoms. The summed E-state index contributed by atoms with van der Waals surface area (Å²) in [5, 5.41) is 35.5. The number of likely N-dealkylation sites (tertiary alicyclic amines) is 1. The molecule has 5 amide bonds. The molecule has 0 aliphatic carbocycles. The topological polar surface area (TPSA) is 294 Å². The maximum atomic E-state index is 13.5. The van der Waals surface area contributed by atoms with Gasteiger partial charge in [-0.05, 0) is 48.9 Å². The van der Waals surface area contributed by atoms with Gasteiger partial charge >= 0.3 is 0 Å². The molecule has 0 bridgehead atoms. The minimum absolute atomic E-state index is 0.0149. The van der Waals surface area contributed by atoms with E-state index < -0.39 is 81.9 Å². The van der Waals surface area contributed by atoms with Crippen molar-refractivity contribution in [3.8, 4) is 5.75 Å². The van der Waals surface area contributed by atoms with Crippen molar-refractivity contribution >= 4 is 52.0 Å². The molecule has 1 heterocycles. The van der Waals surface area contributed by atoms with E-state index in [0.717, 1.165) is 6.92 Å². The number of hydrogen-bond donors (Lipinski definition) is 7. The average Bonchev–Trinajstić information content (AvgIpc) is 3.56. The quantitative estimate of drug-likeness (QED) is 0.0794. The standard InChI is InChI=1S/C30H39N7O9S.C2H4O2/c1-47(46)14-12-23(35-28(41)22(31)15-18-6-10-21(38)11-7-18)29(42)33-17-26(39)34-24(16-19-4-8-20(9-5-19)37(44)45)30(43)36-13-2-3-25(36)27(32)40;1-2(3)4/h4-11,22-25,38H,2-3,12-17,31H2,1H3,(H2,32,40)(H,33,42)(H,34,39)(H,35,41);1H3,(H,3,4)/t22-,23+,24-,25-,47?;/m0./s1. The summed E-state index contributed by atoms with van der Waals surface area (Å²) in [5.41, 5.74) is 12.5. The van der Waals surface area contributed by atoms with Gasteiger partial charge in [0.15, 0.2) is 0 Å². The lowest BCUT2D eigenvalue weighted by Gasteiger charge is -2.28. The highest BCUT2D eigenvalue weighted by Crippen LogP contribution is 2.20. The average molecular weight is 734 g/mol. The third-order valence-corrected chi connectivity index (χ3v) is 8.37. The van der Waals surface area contributed by atoms with Gasteiger partial charge < -0.3 is 42.5 Å². The second-order valence-corrected chi connectivity index (χ2v) is 13.2. The van der Waals surface area contributed by atoms with Crippen molar-refractivity contribution in [1.29, 1.82) is 0 Å². The molecule has 0 aromatic heterocycles. The number of rotatable bonds is 16. The maximum absolute atomic E-state index is 13.5. The second kappa shape index (κ2) is 20.3. The summed E-state index contributed by atoms with van der Waals surface area (Å²) < 4.78 is 11.7. The number of primary amides is 1. The second-order valence-electron chi connectivity index (χ2n) is 11.7. The Labute approximate surface area is 295 Å². The van der Waals surface area contributed by atoms with Crippen molar-refractivity contribution in [2.24, 2.45) is 11.5 Å². The highest BCUT2D eigenvalue weighted by atomic mass is 32.2. The molecule has 1 aliphatic rings. The number of nitro benzene ring substituents is 1. The number of phenols is 1. The molecule has 1 unspecified atom stereocenters. The number of nitrogens with one attached hydrogen (secondary N) is 3. The predicted octanol–water partition coefficient (Wildman–Crippen LogP) is -1.17. The van der Waals surface area contributed by atoms with Crippen LogP contribution in [0, 0.1) is 10.1 Å². The summed E-state index contributed by atoms with van der Waals surface area (Å²) in [6, 6.07) is 7.22. The SMILES string of the molecule is CC(=O)O.CS(=O)CC[C@@H](NC(=O)[C@@H](N)Cc1ccc(O)cc1)C(=O)NCC(=O)N[C@@H](Cc1ccc([N+](=O)[O-])cc1)C(=O)N1CCC[C@H]1C(N)=O. The van der Waals surface area contributed by atoms with Gasteiger partial charge in [0.1, 0.15) is 23.9 Å². The van der Waals surface area contributed by atoms with Gasteiger partial charge in [-0.3, -0.25) is 43.1 Å². The molecular weight excluding hydrogens is 690 g/mol. The van der Waals surface area contributed by atoms with E-state index in [1.807, 2.05) is 0 Å². The van der Waals surface area contributed by atoms with E-state index in [4.69, 9.17) is 21.4 Å². The summed E-state index contributed by atoms with van der Waals surface area (Å²) in [5.74, 6) is -4.15. The maximum Gasteiger partial charge on any atom is 0.300 e. The van der Waals surface area contributed by atoms with Crippen molar-refractivity contribution in [3.63, 3.8) is 0 Å². The summed E-state index contributed by atoms with van der Waals surface area (Å²) >= 11 is 0. The molecule has 19 heteroatoms. The van der Waals surface area contributed by atoms with Crippen LogP contribution in [0.1, 0.15) is 37.3 Å². The minimum atomic E-state index is -1.30. The minimum Gasteiger partial charge on any atom is -0.508 e. The molecule has 0 saturated carbocycles. The number of non-ortho nitro benzene ring substituents is 1. The van der Waals surface area contributed by atoms with Crippen molar-refractivity contribution in [1.82, 2.24) is 20.9 Å². The number of aliphatic carboxylic acids is 1. The van der Waals surface area contributed by atoms with Crippen LogP contribution in [-0.4, -0.2) is 109 Å². The molecule has 278 valence electrons. The first kappa shape index (κ1) is 41.7. The van der Waals surface area contributed by atoms with Crippen molar-refractivity contribution < 1.29 is 48.1 Å². The fraction of sp³-hybridized carbons (Fsp3) is 0.438. The largest absolute Gasteiger partial charge is 0.508 e. The van der Waals surface area contributed by atoms with E-state index in [2.05, 4.69) is 16.0 Å². The molecule has 51 heavy (non-hydrogen) atoms. The lowest BCUT2D eigenvalue weighted by Crippen LogP contribution is -2.56. The Morgan fingerprint density at radius 1 is 0.980 bits per heavy atom. The molecule has 1 aliphatic heterocycles. The molecule has 1 fully saturated rings. The summed E-state index contributed by atoms with van der Waals surface area (Å²) in [6.45, 7) is 0.730. The van der Waals surface area contributed by atoms with Crippen LogP contribution in [0.25, 0.3) is 0 Å². The third-order valence-electron chi connectivity index (χ3n) is 7.56. The van der Waals surface area contributed by atoms with Gasteiger partial charge in [0.2, 0.25) is 29.5 Å². The first-order valence-corrected chi connectivity index (χ1v) is 17.4. The van der Waals surface area contributed by atoms with Gasteiger partial charge in [-0.2, -0.15) is 0 Å². The molecule has 0 radical (unpaired) electrons. The zero-order valence-electron chi connectivity index (χ0n) is 28.1. The first-order valence-electron chi connectivity index (χ1n) is 15.7. The molecule has 1 saturated heterocycles. The van der Waals surface area contributed by atoms with Crippen LogP contribution in [0.15, 0.2) is 48.5 Å². The Morgan fingerprint density at radius 3 is 2.10 bits per heavy atom. The van der Waals surface area contributed by atoms with E-state index in [1.165, 1.54) is 47.6 Å². The van der Waals surface area contributed by atoms with Gasteiger partial charge in [-0.1, -0.05) is 24.3 Å². The Bertz CT molecular complexity index is 1580. The molecule has 9 N–H and O–H groups in total. The number of carbonyl (C=O) groups excluding carboxylic acids is 5. The molecule has 18 nitrogen and oxygen atoms in total. The van der Waals surface area contributed by atoms with E-state index in [0.29, 0.717) is 24.0 Å². The van der Waals surface area contributed by atoms with Crippen molar-refractivity contribution in [2.45, 2.75) is 63.2 Å². The van der Waals surface area contributed by atoms with Gasteiger partial charge in [0.05, 0.1) is 17.5 Å². The van der Waals surface area contributed by atoms with Gasteiger partial charge in [-0.15, -0.1) is 0 Å². The van der Waals surface area contributed by atoms with Crippen LogP contribution in [0.3, 0.4) is 0 Å². The number of phenolic OH excluding ortho intramolecular Hbond substituents is 1. The van der Waals surface area contributed by atoms with Crippen LogP contribution >= 0.6 is 0 Å². The Balaban J connectivity index is 0.00000213. The van der Waals surface area contributed by atoms with E-state index in [9.17, 15) is 43.4 Å². The van der Waals surface area contributed by atoms with Crippen LogP contribution in [-0.2, 0) is 52.4 Å². The lowest BCUT2D eigenvalue weighted by molar-refractivity contribution is -0.384. The number of hydrogen-bond acceptors (Lipinski definition) is 11. The number of carboxylic acids is 1. The number of benzene rings is 2. The fourth-order valence-corrected chi connectivity index (χ4v) is 5.63. The number of carboxylic acid groups (broad SMARTS) is 1. The number of amides is 5. The van der Waals surface area contributed by atoms with Crippen LogP contribution in [0.2, 0.25) is 0 Å². The molecule has 2 aromatic carbocycles. The number of nitrogens with two attached hydrogens (primary N) is 2. The lowest BCUT2D eigenvalue weighted by atomic mass is 10.0. The normalized spacial score (nSPS) is 15.9.